The summed E-state index contributed by atoms with van der Waals surface area (Å²) in [7, 11) is 1.65. The fraction of sp³-hybridized carbons (Fsp3) is 0.136. The highest BCUT2D eigenvalue weighted by Crippen LogP contribution is 2.26. The molecule has 2 aromatic carbocycles. The zero-order valence-corrected chi connectivity index (χ0v) is 18.8. The molecule has 0 fully saturated rings. The Morgan fingerprint density at radius 3 is 2.50 bits per heavy atom. The van der Waals surface area contributed by atoms with E-state index in [9.17, 15) is 14.9 Å². The van der Waals surface area contributed by atoms with Gasteiger partial charge in [0.1, 0.15) is 5.82 Å². The number of hydrogen-bond donors (Lipinski definition) is 0. The van der Waals surface area contributed by atoms with Gasteiger partial charge in [0, 0.05) is 41.9 Å². The van der Waals surface area contributed by atoms with E-state index in [1.165, 1.54) is 33.7 Å². The van der Waals surface area contributed by atoms with E-state index in [1.54, 1.807) is 30.5 Å². The number of nitro benzene ring substituents is 1. The normalized spacial score (nSPS) is 10.8. The number of carbonyl (C=O) groups excluding carboxylic acids is 1. The summed E-state index contributed by atoms with van der Waals surface area (Å²) in [5.41, 5.74) is 1.50. The number of nitro groups is 1. The lowest BCUT2D eigenvalue weighted by atomic mass is 10.2. The molecule has 8 nitrogen and oxygen atoms in total. The molecule has 0 saturated carbocycles. The van der Waals surface area contributed by atoms with Crippen LogP contribution in [0.1, 0.15) is 10.7 Å². The molecule has 0 aliphatic carbocycles. The van der Waals surface area contributed by atoms with E-state index in [-0.39, 0.29) is 17.3 Å². The van der Waals surface area contributed by atoms with Crippen LogP contribution in [0.15, 0.2) is 77.3 Å². The van der Waals surface area contributed by atoms with Crippen molar-refractivity contribution in [1.82, 2.24) is 14.8 Å². The van der Waals surface area contributed by atoms with E-state index in [0.29, 0.717) is 17.3 Å². The molecule has 2 heterocycles. The number of rotatable bonds is 8. The van der Waals surface area contributed by atoms with Gasteiger partial charge in [-0.25, -0.2) is 0 Å². The molecule has 0 aliphatic heterocycles. The van der Waals surface area contributed by atoms with Crippen molar-refractivity contribution in [2.45, 2.75) is 11.6 Å². The maximum Gasteiger partial charge on any atom is 0.269 e. The highest BCUT2D eigenvalue weighted by molar-refractivity contribution is 7.99. The molecule has 0 atom stereocenters. The number of anilines is 1. The van der Waals surface area contributed by atoms with Crippen molar-refractivity contribution < 1.29 is 9.72 Å². The van der Waals surface area contributed by atoms with Crippen LogP contribution in [0.4, 0.5) is 11.4 Å². The Hall–Kier alpha value is -3.50. The van der Waals surface area contributed by atoms with Gasteiger partial charge in [0.05, 0.1) is 10.7 Å². The second-order valence-corrected chi connectivity index (χ2v) is 8.82. The van der Waals surface area contributed by atoms with Crippen molar-refractivity contribution in [3.8, 4) is 5.69 Å². The number of benzene rings is 2. The zero-order valence-electron chi connectivity index (χ0n) is 17.1. The highest BCUT2D eigenvalue weighted by atomic mass is 32.2. The van der Waals surface area contributed by atoms with Crippen LogP contribution in [0.3, 0.4) is 0 Å². The van der Waals surface area contributed by atoms with E-state index < -0.39 is 4.92 Å². The molecule has 32 heavy (non-hydrogen) atoms. The number of aromatic nitrogens is 3. The Labute approximate surface area is 192 Å². The molecular weight excluding hydrogens is 446 g/mol. The maximum absolute atomic E-state index is 12.8. The Morgan fingerprint density at radius 2 is 1.84 bits per heavy atom. The van der Waals surface area contributed by atoms with Crippen LogP contribution in [0, 0.1) is 10.1 Å². The van der Waals surface area contributed by atoms with Gasteiger partial charge in [-0.2, -0.15) is 0 Å². The van der Waals surface area contributed by atoms with Crippen molar-refractivity contribution >= 4 is 40.4 Å². The van der Waals surface area contributed by atoms with Gasteiger partial charge in [-0.05, 0) is 35.7 Å². The molecule has 0 spiro atoms. The summed E-state index contributed by atoms with van der Waals surface area (Å²) >= 11 is 2.97. The van der Waals surface area contributed by atoms with Gasteiger partial charge in [-0.3, -0.25) is 19.5 Å². The van der Waals surface area contributed by atoms with Gasteiger partial charge in [-0.1, -0.05) is 36.0 Å². The molecular formula is C22H19N5O3S2. The Bertz CT molecular complexity index is 1210. The predicted octanol–water partition coefficient (Wildman–Crippen LogP) is 4.58. The third kappa shape index (κ3) is 4.87. The summed E-state index contributed by atoms with van der Waals surface area (Å²) in [6, 6.07) is 19.8. The number of hydrogen-bond acceptors (Lipinski definition) is 7. The highest BCUT2D eigenvalue weighted by Gasteiger charge is 2.19. The predicted molar refractivity (Wildman–Crippen MR) is 126 cm³/mol. The van der Waals surface area contributed by atoms with Gasteiger partial charge < -0.3 is 4.90 Å². The van der Waals surface area contributed by atoms with Crippen LogP contribution in [0.5, 0.6) is 0 Å². The second-order valence-electron chi connectivity index (χ2n) is 6.84. The molecule has 0 saturated heterocycles. The van der Waals surface area contributed by atoms with Gasteiger partial charge in [0.25, 0.3) is 5.69 Å². The quantitative estimate of drug-likeness (QED) is 0.215. The minimum atomic E-state index is -0.467. The topological polar surface area (TPSA) is 94.2 Å². The summed E-state index contributed by atoms with van der Waals surface area (Å²) in [5.74, 6) is 0.806. The maximum atomic E-state index is 12.8. The summed E-state index contributed by atoms with van der Waals surface area (Å²) in [6.07, 6.45) is 0.650. The molecule has 0 radical (unpaired) electrons. The number of thioether (sulfide) groups is 1. The first kappa shape index (κ1) is 21.7. The largest absolute Gasteiger partial charge is 0.315 e. The zero-order chi connectivity index (χ0) is 22.5. The van der Waals surface area contributed by atoms with Gasteiger partial charge >= 0.3 is 0 Å². The lowest BCUT2D eigenvalue weighted by Gasteiger charge is -2.17. The molecule has 0 unspecified atom stereocenters. The molecule has 0 bridgehead atoms. The van der Waals surface area contributed by atoms with Crippen LogP contribution in [0.25, 0.3) is 5.69 Å². The van der Waals surface area contributed by atoms with Gasteiger partial charge in [-0.15, -0.1) is 21.5 Å². The minimum absolute atomic E-state index is 0.0155. The molecule has 0 N–H and O–H groups in total. The third-order valence-corrected chi connectivity index (χ3v) is 6.56. The first-order chi connectivity index (χ1) is 15.5. The summed E-state index contributed by atoms with van der Waals surface area (Å²) < 4.78 is 1.98. The lowest BCUT2D eigenvalue weighted by Crippen LogP contribution is -2.28. The van der Waals surface area contributed by atoms with Crippen LogP contribution < -0.4 is 4.90 Å². The van der Waals surface area contributed by atoms with Crippen molar-refractivity contribution in [2.75, 3.05) is 17.7 Å². The van der Waals surface area contributed by atoms with Crippen molar-refractivity contribution in [1.29, 1.82) is 0 Å². The van der Waals surface area contributed by atoms with E-state index in [2.05, 4.69) is 16.3 Å². The number of amides is 1. The summed E-state index contributed by atoms with van der Waals surface area (Å²) in [4.78, 5) is 25.8. The summed E-state index contributed by atoms with van der Waals surface area (Å²) in [6.45, 7) is 0. The fourth-order valence-corrected chi connectivity index (χ4v) is 4.66. The average molecular weight is 466 g/mol. The van der Waals surface area contributed by atoms with Crippen molar-refractivity contribution in [3.63, 3.8) is 0 Å². The van der Waals surface area contributed by atoms with E-state index in [4.69, 9.17) is 0 Å². The van der Waals surface area contributed by atoms with Crippen molar-refractivity contribution in [2.24, 2.45) is 0 Å². The van der Waals surface area contributed by atoms with E-state index in [0.717, 1.165) is 11.5 Å². The van der Waals surface area contributed by atoms with Crippen LogP contribution in [-0.4, -0.2) is 38.4 Å². The molecule has 4 aromatic rings. The molecule has 4 rings (SSSR count). The first-order valence-electron chi connectivity index (χ1n) is 9.69. The molecule has 10 heteroatoms. The number of carbonyl (C=O) groups is 1. The monoisotopic (exact) mass is 465 g/mol. The van der Waals surface area contributed by atoms with Gasteiger partial charge in [0.2, 0.25) is 5.91 Å². The number of nitrogens with zero attached hydrogens (tertiary/aromatic N) is 5. The third-order valence-electron chi connectivity index (χ3n) is 4.77. The molecule has 0 aliphatic rings. The first-order valence-corrected chi connectivity index (χ1v) is 11.6. The minimum Gasteiger partial charge on any atom is -0.315 e. The Morgan fingerprint density at radius 1 is 1.09 bits per heavy atom. The Balaban J connectivity index is 1.51. The summed E-state index contributed by atoms with van der Waals surface area (Å²) in [5, 5.41) is 22.2. The average Bonchev–Trinajstić information content (AvgIpc) is 3.48. The molecule has 2 aromatic heterocycles. The van der Waals surface area contributed by atoms with Gasteiger partial charge in [0.15, 0.2) is 5.16 Å². The number of para-hydroxylation sites is 1. The SMILES string of the molecule is CN(C(=O)CSc1nnc(Cc2cccs2)n1-c1ccccc1)c1ccc([N+](=O)[O-])cc1. The van der Waals surface area contributed by atoms with Crippen LogP contribution in [-0.2, 0) is 11.2 Å². The molecule has 1 amide bonds. The smallest absolute Gasteiger partial charge is 0.269 e. The number of non-ortho nitro benzene ring substituents is 1. The number of thiophene rings is 1. The van der Waals surface area contributed by atoms with Crippen molar-refractivity contribution in [3.05, 3.63) is 92.9 Å². The second kappa shape index (κ2) is 9.75. The van der Waals surface area contributed by atoms with E-state index in [1.807, 2.05) is 46.3 Å². The van der Waals surface area contributed by atoms with E-state index >= 15 is 0 Å². The lowest BCUT2D eigenvalue weighted by molar-refractivity contribution is -0.384. The van der Waals surface area contributed by atoms with Crippen LogP contribution >= 0.6 is 23.1 Å². The molecule has 162 valence electrons. The van der Waals surface area contributed by atoms with Crippen LogP contribution in [0.2, 0.25) is 0 Å². The standard InChI is InChI=1S/C22H19N5O3S2/c1-25(16-9-11-18(12-10-16)27(29)30)21(28)15-32-22-24-23-20(14-19-8-5-13-31-19)26(22)17-6-3-2-4-7-17/h2-13H,14-15H2,1H3. The Kier molecular flexibility index (Phi) is 6.62. The fourth-order valence-electron chi connectivity index (χ4n) is 3.08.